The van der Waals surface area contributed by atoms with Gasteiger partial charge in [-0.25, -0.2) is 0 Å². The molecule has 1 N–H and O–H groups in total. The number of ether oxygens (including phenoxy) is 2. The fraction of sp³-hybridized carbons (Fsp3) is 0.667. The highest BCUT2D eigenvalue weighted by Crippen LogP contribution is 2.31. The molecule has 2 atom stereocenters. The van der Waals surface area contributed by atoms with E-state index in [2.05, 4.69) is 36.5 Å². The lowest BCUT2D eigenvalue weighted by Gasteiger charge is -2.30. The van der Waals surface area contributed by atoms with Gasteiger partial charge in [-0.1, -0.05) is 31.2 Å². The lowest BCUT2D eigenvalue weighted by atomic mass is 9.92. The normalized spacial score (nSPS) is 19.2. The summed E-state index contributed by atoms with van der Waals surface area (Å²) in [6.45, 7) is 4.98. The van der Waals surface area contributed by atoms with Crippen LogP contribution in [-0.4, -0.2) is 32.9 Å². The molecule has 0 aliphatic carbocycles. The van der Waals surface area contributed by atoms with E-state index in [1.807, 2.05) is 0 Å². The molecule has 0 aromatic heterocycles. The van der Waals surface area contributed by atoms with Gasteiger partial charge in [0.1, 0.15) is 0 Å². The number of benzene rings is 1. The molecule has 0 saturated heterocycles. The second-order valence-corrected chi connectivity index (χ2v) is 5.83. The molecule has 118 valence electrons. The first-order valence-electron chi connectivity index (χ1n) is 8.26. The van der Waals surface area contributed by atoms with Crippen molar-refractivity contribution in [3.8, 4) is 0 Å². The molecule has 1 heterocycles. The van der Waals surface area contributed by atoms with E-state index in [-0.39, 0.29) is 6.10 Å². The van der Waals surface area contributed by atoms with Crippen LogP contribution in [-0.2, 0) is 15.9 Å². The van der Waals surface area contributed by atoms with E-state index in [9.17, 15) is 0 Å². The molecule has 0 bridgehead atoms. The van der Waals surface area contributed by atoms with E-state index in [0.717, 1.165) is 45.4 Å². The van der Waals surface area contributed by atoms with Gasteiger partial charge in [0.2, 0.25) is 0 Å². The van der Waals surface area contributed by atoms with E-state index in [1.165, 1.54) is 17.5 Å². The largest absolute Gasteiger partial charge is 0.385 e. The van der Waals surface area contributed by atoms with Crippen LogP contribution in [0.2, 0.25) is 0 Å². The zero-order chi connectivity index (χ0) is 14.9. The molecule has 0 spiro atoms. The molecule has 1 aromatic rings. The highest BCUT2D eigenvalue weighted by atomic mass is 16.5. The molecule has 1 aliphatic heterocycles. The fourth-order valence-corrected chi connectivity index (χ4v) is 3.06. The molecule has 0 radical (unpaired) electrons. The van der Waals surface area contributed by atoms with E-state index >= 15 is 0 Å². The zero-order valence-corrected chi connectivity index (χ0v) is 13.4. The van der Waals surface area contributed by atoms with Crippen molar-refractivity contribution < 1.29 is 9.47 Å². The number of rotatable bonds is 9. The van der Waals surface area contributed by atoms with Gasteiger partial charge in [-0.15, -0.1) is 0 Å². The number of methoxy groups -OCH3 is 1. The number of fused-ring (bicyclic) bond motifs is 1. The summed E-state index contributed by atoms with van der Waals surface area (Å²) in [6, 6.07) is 9.23. The quantitative estimate of drug-likeness (QED) is 0.707. The maximum Gasteiger partial charge on any atom is 0.0842 e. The third-order valence-corrected chi connectivity index (χ3v) is 4.18. The van der Waals surface area contributed by atoms with Crippen molar-refractivity contribution in [3.05, 3.63) is 35.4 Å². The van der Waals surface area contributed by atoms with Gasteiger partial charge in [0.05, 0.1) is 12.7 Å². The second-order valence-electron chi connectivity index (χ2n) is 5.83. The molecular weight excluding hydrogens is 262 g/mol. The molecule has 0 fully saturated rings. The van der Waals surface area contributed by atoms with E-state index in [4.69, 9.17) is 9.47 Å². The summed E-state index contributed by atoms with van der Waals surface area (Å²) in [4.78, 5) is 0. The molecule has 2 unspecified atom stereocenters. The molecule has 2 rings (SSSR count). The third-order valence-electron chi connectivity index (χ3n) is 4.18. The highest BCUT2D eigenvalue weighted by Gasteiger charge is 2.23. The van der Waals surface area contributed by atoms with Crippen molar-refractivity contribution in [2.75, 3.05) is 26.9 Å². The summed E-state index contributed by atoms with van der Waals surface area (Å²) in [6.07, 6.45) is 5.77. The monoisotopic (exact) mass is 291 g/mol. The van der Waals surface area contributed by atoms with Crippen molar-refractivity contribution in [1.29, 1.82) is 0 Å². The average Bonchev–Trinajstić information content (AvgIpc) is 2.53. The maximum absolute atomic E-state index is 6.05. The number of hydrogen-bond donors (Lipinski definition) is 1. The number of nitrogens with one attached hydrogen (secondary N) is 1. The standard InChI is InChI=1S/C18H29NO2/c1-3-11-19-16(8-6-12-20-2)14-18-17-9-5-4-7-15(17)10-13-21-18/h4-5,7,9,16,18-19H,3,6,8,10-14H2,1-2H3. The predicted octanol–water partition coefficient (Wildman–Crippen LogP) is 3.49. The Hall–Kier alpha value is -0.900. The molecular formula is C18H29NO2. The van der Waals surface area contributed by atoms with Crippen LogP contribution in [0, 0.1) is 0 Å². The lowest BCUT2D eigenvalue weighted by Crippen LogP contribution is -2.33. The Morgan fingerprint density at radius 2 is 2.24 bits per heavy atom. The summed E-state index contributed by atoms with van der Waals surface area (Å²) < 4.78 is 11.2. The van der Waals surface area contributed by atoms with Crippen LogP contribution in [0.3, 0.4) is 0 Å². The minimum atomic E-state index is 0.242. The summed E-state index contributed by atoms with van der Waals surface area (Å²) >= 11 is 0. The van der Waals surface area contributed by atoms with Crippen LogP contribution in [0.5, 0.6) is 0 Å². The Morgan fingerprint density at radius 3 is 3.05 bits per heavy atom. The predicted molar refractivity (Wildman–Crippen MR) is 86.6 cm³/mol. The van der Waals surface area contributed by atoms with Crippen molar-refractivity contribution in [2.45, 2.75) is 51.2 Å². The third kappa shape index (κ3) is 5.10. The van der Waals surface area contributed by atoms with Gasteiger partial charge in [-0.05, 0) is 49.8 Å². The zero-order valence-electron chi connectivity index (χ0n) is 13.4. The van der Waals surface area contributed by atoms with Gasteiger partial charge in [0, 0.05) is 19.8 Å². The minimum Gasteiger partial charge on any atom is -0.385 e. The van der Waals surface area contributed by atoms with Gasteiger partial charge >= 0.3 is 0 Å². The smallest absolute Gasteiger partial charge is 0.0842 e. The van der Waals surface area contributed by atoms with Crippen LogP contribution in [0.25, 0.3) is 0 Å². The van der Waals surface area contributed by atoms with Crippen molar-refractivity contribution in [3.63, 3.8) is 0 Å². The Balaban J connectivity index is 1.95. The SMILES string of the molecule is CCCNC(CCCOC)CC1OCCc2ccccc21. The summed E-state index contributed by atoms with van der Waals surface area (Å²) in [5.74, 6) is 0. The molecule has 3 nitrogen and oxygen atoms in total. The first kappa shape index (κ1) is 16.5. The van der Waals surface area contributed by atoms with Crippen molar-refractivity contribution in [2.24, 2.45) is 0 Å². The van der Waals surface area contributed by atoms with Crippen LogP contribution < -0.4 is 5.32 Å². The van der Waals surface area contributed by atoms with Crippen LogP contribution in [0.4, 0.5) is 0 Å². The minimum absolute atomic E-state index is 0.242. The second kappa shape index (κ2) is 9.19. The van der Waals surface area contributed by atoms with Crippen LogP contribution in [0.15, 0.2) is 24.3 Å². The Bertz CT molecular complexity index is 408. The average molecular weight is 291 g/mol. The first-order chi connectivity index (χ1) is 10.3. The lowest BCUT2D eigenvalue weighted by molar-refractivity contribution is 0.0281. The summed E-state index contributed by atoms with van der Waals surface area (Å²) in [7, 11) is 1.77. The molecule has 0 saturated carbocycles. The van der Waals surface area contributed by atoms with Gasteiger partial charge in [-0.3, -0.25) is 0 Å². The van der Waals surface area contributed by atoms with E-state index in [1.54, 1.807) is 7.11 Å². The fourth-order valence-electron chi connectivity index (χ4n) is 3.06. The summed E-state index contributed by atoms with van der Waals surface area (Å²) in [5, 5.41) is 3.67. The van der Waals surface area contributed by atoms with E-state index < -0.39 is 0 Å². The number of hydrogen-bond acceptors (Lipinski definition) is 3. The van der Waals surface area contributed by atoms with Gasteiger partial charge in [-0.2, -0.15) is 0 Å². The Morgan fingerprint density at radius 1 is 1.38 bits per heavy atom. The topological polar surface area (TPSA) is 30.5 Å². The van der Waals surface area contributed by atoms with Gasteiger partial charge in [0.15, 0.2) is 0 Å². The van der Waals surface area contributed by atoms with Gasteiger partial charge in [0.25, 0.3) is 0 Å². The van der Waals surface area contributed by atoms with Gasteiger partial charge < -0.3 is 14.8 Å². The van der Waals surface area contributed by atoms with Crippen LogP contribution >= 0.6 is 0 Å². The Labute approximate surface area is 129 Å². The van der Waals surface area contributed by atoms with Crippen molar-refractivity contribution >= 4 is 0 Å². The molecule has 3 heteroatoms. The van der Waals surface area contributed by atoms with Crippen molar-refractivity contribution in [1.82, 2.24) is 5.32 Å². The molecule has 1 aliphatic rings. The summed E-state index contributed by atoms with van der Waals surface area (Å²) in [5.41, 5.74) is 2.85. The van der Waals surface area contributed by atoms with E-state index in [0.29, 0.717) is 6.04 Å². The van der Waals surface area contributed by atoms with Crippen LogP contribution in [0.1, 0.15) is 49.8 Å². The Kier molecular flexibility index (Phi) is 7.20. The molecule has 21 heavy (non-hydrogen) atoms. The highest BCUT2D eigenvalue weighted by molar-refractivity contribution is 5.31. The maximum atomic E-state index is 6.05. The first-order valence-corrected chi connectivity index (χ1v) is 8.26. The molecule has 1 aromatic carbocycles. The molecule has 0 amide bonds.